The van der Waals surface area contributed by atoms with E-state index in [4.69, 9.17) is 4.74 Å². The van der Waals surface area contributed by atoms with Crippen molar-refractivity contribution in [3.8, 4) is 0 Å². The van der Waals surface area contributed by atoms with Crippen LogP contribution in [-0.2, 0) is 11.2 Å². The highest BCUT2D eigenvalue weighted by atomic mass is 32.1. The normalized spacial score (nSPS) is 11.0. The van der Waals surface area contributed by atoms with E-state index in [1.165, 1.54) is 11.3 Å². The van der Waals surface area contributed by atoms with Crippen LogP contribution in [0.25, 0.3) is 10.2 Å². The van der Waals surface area contributed by atoms with Gasteiger partial charge in [-0.15, -0.1) is 11.3 Å². The van der Waals surface area contributed by atoms with Crippen LogP contribution in [0.15, 0.2) is 16.2 Å². The summed E-state index contributed by atoms with van der Waals surface area (Å²) in [5.41, 5.74) is -0.0623. The average Bonchev–Trinajstić information content (AvgIpc) is 2.66. The molecule has 5 heteroatoms. The number of thiophene rings is 1. The van der Waals surface area contributed by atoms with E-state index in [-0.39, 0.29) is 5.56 Å². The zero-order valence-corrected chi connectivity index (χ0v) is 9.26. The predicted octanol–water partition coefficient (Wildman–Crippen LogP) is 1.56. The Hall–Kier alpha value is -1.20. The molecule has 4 nitrogen and oxygen atoms in total. The van der Waals surface area contributed by atoms with Gasteiger partial charge in [0.25, 0.3) is 5.56 Å². The topological polar surface area (TPSA) is 55.0 Å². The van der Waals surface area contributed by atoms with Crippen molar-refractivity contribution in [2.75, 3.05) is 13.2 Å². The van der Waals surface area contributed by atoms with Crippen LogP contribution in [0.1, 0.15) is 12.7 Å². The van der Waals surface area contributed by atoms with Crippen molar-refractivity contribution in [1.82, 2.24) is 9.97 Å². The van der Waals surface area contributed by atoms with Crippen molar-refractivity contribution in [2.24, 2.45) is 0 Å². The lowest BCUT2D eigenvalue weighted by Crippen LogP contribution is -2.12. The van der Waals surface area contributed by atoms with Crippen LogP contribution in [-0.4, -0.2) is 23.2 Å². The van der Waals surface area contributed by atoms with Crippen molar-refractivity contribution >= 4 is 21.6 Å². The highest BCUT2D eigenvalue weighted by Crippen LogP contribution is 2.13. The van der Waals surface area contributed by atoms with Gasteiger partial charge in [0.05, 0.1) is 12.0 Å². The van der Waals surface area contributed by atoms with E-state index in [1.54, 1.807) is 6.07 Å². The average molecular weight is 224 g/mol. The van der Waals surface area contributed by atoms with Crippen molar-refractivity contribution in [3.63, 3.8) is 0 Å². The Kier molecular flexibility index (Phi) is 3.13. The molecule has 0 aliphatic heterocycles. The number of fused-ring (bicyclic) bond motifs is 1. The van der Waals surface area contributed by atoms with E-state index in [2.05, 4.69) is 9.97 Å². The molecule has 0 radical (unpaired) electrons. The van der Waals surface area contributed by atoms with Crippen LogP contribution in [0.2, 0.25) is 0 Å². The van der Waals surface area contributed by atoms with Gasteiger partial charge < -0.3 is 9.72 Å². The third kappa shape index (κ3) is 2.24. The molecule has 0 aromatic carbocycles. The molecular weight excluding hydrogens is 212 g/mol. The summed E-state index contributed by atoms with van der Waals surface area (Å²) < 4.78 is 5.21. The summed E-state index contributed by atoms with van der Waals surface area (Å²) in [4.78, 5) is 19.5. The molecule has 2 aromatic rings. The van der Waals surface area contributed by atoms with Gasteiger partial charge in [0.1, 0.15) is 10.7 Å². The second-order valence-corrected chi connectivity index (χ2v) is 3.99. The van der Waals surface area contributed by atoms with Crippen LogP contribution in [0.4, 0.5) is 0 Å². The quantitative estimate of drug-likeness (QED) is 0.802. The maximum Gasteiger partial charge on any atom is 0.259 e. The summed E-state index contributed by atoms with van der Waals surface area (Å²) in [7, 11) is 0. The van der Waals surface area contributed by atoms with Crippen LogP contribution in [0, 0.1) is 0 Å². The first kappa shape index (κ1) is 10.3. The van der Waals surface area contributed by atoms with E-state index in [0.29, 0.717) is 30.8 Å². The van der Waals surface area contributed by atoms with E-state index in [1.807, 2.05) is 12.3 Å². The molecular formula is C10H12N2O2S. The molecule has 0 fully saturated rings. The molecule has 2 heterocycles. The minimum atomic E-state index is -0.0623. The smallest absolute Gasteiger partial charge is 0.259 e. The fourth-order valence-corrected chi connectivity index (χ4v) is 2.12. The summed E-state index contributed by atoms with van der Waals surface area (Å²) in [6, 6.07) is 1.79. The van der Waals surface area contributed by atoms with Gasteiger partial charge in [0.2, 0.25) is 0 Å². The largest absolute Gasteiger partial charge is 0.381 e. The van der Waals surface area contributed by atoms with Gasteiger partial charge in [-0.1, -0.05) is 0 Å². The van der Waals surface area contributed by atoms with Gasteiger partial charge in [-0.3, -0.25) is 4.79 Å². The lowest BCUT2D eigenvalue weighted by Gasteiger charge is -2.00. The predicted molar refractivity (Wildman–Crippen MR) is 60.4 cm³/mol. The molecule has 0 spiro atoms. The zero-order chi connectivity index (χ0) is 10.7. The third-order valence-corrected chi connectivity index (χ3v) is 2.88. The van der Waals surface area contributed by atoms with Crippen molar-refractivity contribution in [1.29, 1.82) is 0 Å². The van der Waals surface area contributed by atoms with Crippen molar-refractivity contribution in [3.05, 3.63) is 27.6 Å². The molecule has 0 bridgehead atoms. The molecule has 0 unspecified atom stereocenters. The minimum Gasteiger partial charge on any atom is -0.381 e. The maximum atomic E-state index is 11.6. The zero-order valence-electron chi connectivity index (χ0n) is 8.45. The summed E-state index contributed by atoms with van der Waals surface area (Å²) in [5, 5.41) is 2.54. The first-order valence-electron chi connectivity index (χ1n) is 4.85. The second-order valence-electron chi connectivity index (χ2n) is 3.10. The van der Waals surface area contributed by atoms with Crippen LogP contribution in [0.5, 0.6) is 0 Å². The lowest BCUT2D eigenvalue weighted by atomic mass is 10.4. The van der Waals surface area contributed by atoms with Crippen LogP contribution < -0.4 is 5.56 Å². The summed E-state index contributed by atoms with van der Waals surface area (Å²) in [6.45, 7) is 3.22. The monoisotopic (exact) mass is 224 g/mol. The number of aromatic amines is 1. The molecule has 0 saturated carbocycles. The molecule has 1 N–H and O–H groups in total. The van der Waals surface area contributed by atoms with E-state index in [0.717, 1.165) is 4.83 Å². The number of aromatic nitrogens is 2. The van der Waals surface area contributed by atoms with Crippen LogP contribution >= 0.6 is 11.3 Å². The Morgan fingerprint density at radius 2 is 2.47 bits per heavy atom. The number of hydrogen-bond acceptors (Lipinski definition) is 4. The summed E-state index contributed by atoms with van der Waals surface area (Å²) in [5.74, 6) is 0.698. The van der Waals surface area contributed by atoms with Gasteiger partial charge in [0.15, 0.2) is 0 Å². The van der Waals surface area contributed by atoms with Gasteiger partial charge in [0, 0.05) is 13.0 Å². The Bertz CT molecular complexity index is 503. The number of H-pyrrole nitrogens is 1. The second kappa shape index (κ2) is 4.55. The van der Waals surface area contributed by atoms with E-state index < -0.39 is 0 Å². The number of rotatable bonds is 4. The third-order valence-electron chi connectivity index (χ3n) is 2.07. The molecule has 0 saturated heterocycles. The first-order valence-corrected chi connectivity index (χ1v) is 5.73. The Balaban J connectivity index is 2.25. The number of ether oxygens (including phenoxy) is 1. The Labute approximate surface area is 90.9 Å². The molecule has 0 atom stereocenters. The molecule has 0 amide bonds. The fourth-order valence-electron chi connectivity index (χ4n) is 1.34. The maximum absolute atomic E-state index is 11.6. The van der Waals surface area contributed by atoms with Gasteiger partial charge in [-0.25, -0.2) is 4.98 Å². The minimum absolute atomic E-state index is 0.0623. The molecule has 0 aliphatic rings. The first-order chi connectivity index (χ1) is 7.31. The summed E-state index contributed by atoms with van der Waals surface area (Å²) >= 11 is 1.48. The van der Waals surface area contributed by atoms with Gasteiger partial charge in [-0.2, -0.15) is 0 Å². The van der Waals surface area contributed by atoms with E-state index >= 15 is 0 Å². The molecule has 80 valence electrons. The lowest BCUT2D eigenvalue weighted by molar-refractivity contribution is 0.149. The summed E-state index contributed by atoms with van der Waals surface area (Å²) in [6.07, 6.45) is 0.650. The van der Waals surface area contributed by atoms with E-state index in [9.17, 15) is 4.79 Å². The molecule has 15 heavy (non-hydrogen) atoms. The highest BCUT2D eigenvalue weighted by Gasteiger charge is 2.04. The number of nitrogens with one attached hydrogen (secondary N) is 1. The highest BCUT2D eigenvalue weighted by molar-refractivity contribution is 7.16. The SMILES string of the molecule is CCOCCc1nc2sccc2c(=O)[nH]1. The van der Waals surface area contributed by atoms with Crippen molar-refractivity contribution in [2.45, 2.75) is 13.3 Å². The molecule has 2 rings (SSSR count). The number of nitrogens with zero attached hydrogens (tertiary/aromatic N) is 1. The molecule has 2 aromatic heterocycles. The standard InChI is InChI=1S/C10H12N2O2S/c1-2-14-5-3-8-11-9(13)7-4-6-15-10(7)12-8/h4,6H,2-3,5H2,1H3,(H,11,12,13). The molecule has 0 aliphatic carbocycles. The Morgan fingerprint density at radius 1 is 1.60 bits per heavy atom. The van der Waals surface area contributed by atoms with Crippen molar-refractivity contribution < 1.29 is 4.74 Å². The van der Waals surface area contributed by atoms with Crippen LogP contribution in [0.3, 0.4) is 0 Å². The number of hydrogen-bond donors (Lipinski definition) is 1. The van der Waals surface area contributed by atoms with Gasteiger partial charge >= 0.3 is 0 Å². The van der Waals surface area contributed by atoms with Gasteiger partial charge in [-0.05, 0) is 18.4 Å². The fraction of sp³-hybridized carbons (Fsp3) is 0.400. The Morgan fingerprint density at radius 3 is 3.27 bits per heavy atom.